The lowest BCUT2D eigenvalue weighted by Gasteiger charge is -2.28. The smallest absolute Gasteiger partial charge is 0.0395 e. The van der Waals surface area contributed by atoms with E-state index in [1.54, 1.807) is 0 Å². The van der Waals surface area contributed by atoms with Crippen LogP contribution in [0.25, 0.3) is 0 Å². The highest BCUT2D eigenvalue weighted by molar-refractivity contribution is 5.21. The minimum Gasteiger partial charge on any atom is -0.311 e. The monoisotopic (exact) mass is 151 g/mol. The molecular weight excluding hydrogens is 134 g/mol. The van der Waals surface area contributed by atoms with Crippen molar-refractivity contribution in [3.05, 3.63) is 23.8 Å². The zero-order chi connectivity index (χ0) is 8.32. The van der Waals surface area contributed by atoms with Gasteiger partial charge in [-0.3, -0.25) is 0 Å². The van der Waals surface area contributed by atoms with Gasteiger partial charge in [0.2, 0.25) is 0 Å². The summed E-state index contributed by atoms with van der Waals surface area (Å²) in [6, 6.07) is 0. The van der Waals surface area contributed by atoms with E-state index in [0.717, 1.165) is 12.8 Å². The summed E-state index contributed by atoms with van der Waals surface area (Å²) in [6.45, 7) is 4.44. The molecule has 1 rings (SSSR count). The van der Waals surface area contributed by atoms with Gasteiger partial charge in [0.25, 0.3) is 0 Å². The van der Waals surface area contributed by atoms with E-state index in [0.29, 0.717) is 0 Å². The largest absolute Gasteiger partial charge is 0.311 e. The second-order valence-corrected chi connectivity index (χ2v) is 3.38. The van der Waals surface area contributed by atoms with Crippen molar-refractivity contribution in [2.45, 2.75) is 32.2 Å². The van der Waals surface area contributed by atoms with Gasteiger partial charge in [-0.2, -0.15) is 0 Å². The van der Waals surface area contributed by atoms with Crippen LogP contribution in [-0.2, 0) is 0 Å². The van der Waals surface area contributed by atoms with Gasteiger partial charge in [0, 0.05) is 5.54 Å². The summed E-state index contributed by atoms with van der Waals surface area (Å²) in [7, 11) is 2.02. The van der Waals surface area contributed by atoms with Crippen molar-refractivity contribution in [2.75, 3.05) is 7.05 Å². The van der Waals surface area contributed by atoms with Crippen molar-refractivity contribution >= 4 is 0 Å². The molecule has 0 fully saturated rings. The predicted octanol–water partition coefficient (Wildman–Crippen LogP) is 2.26. The van der Waals surface area contributed by atoms with Gasteiger partial charge in [0.1, 0.15) is 0 Å². The van der Waals surface area contributed by atoms with Crippen LogP contribution in [0, 0.1) is 0 Å². The molecule has 1 unspecified atom stereocenters. The third-order valence-electron chi connectivity index (χ3n) is 2.68. The molecule has 0 heterocycles. The fourth-order valence-corrected chi connectivity index (χ4v) is 1.35. The minimum atomic E-state index is 0.188. The first-order chi connectivity index (χ1) is 5.19. The van der Waals surface area contributed by atoms with Crippen LogP contribution in [0.4, 0.5) is 0 Å². The van der Waals surface area contributed by atoms with Crippen LogP contribution in [0.2, 0.25) is 0 Å². The number of rotatable bonds is 1. The first kappa shape index (κ1) is 8.54. The molecule has 0 bridgehead atoms. The molecule has 0 saturated carbocycles. The molecule has 1 nitrogen and oxygen atoms in total. The van der Waals surface area contributed by atoms with E-state index in [2.05, 4.69) is 37.4 Å². The summed E-state index contributed by atoms with van der Waals surface area (Å²) in [5.41, 5.74) is 1.64. The Labute approximate surface area is 69.2 Å². The lowest BCUT2D eigenvalue weighted by molar-refractivity contribution is 0.458. The van der Waals surface area contributed by atoms with E-state index in [1.165, 1.54) is 5.57 Å². The van der Waals surface area contributed by atoms with Crippen LogP contribution in [0.5, 0.6) is 0 Å². The number of likely N-dealkylation sites (N-methyl/N-ethyl adjacent to an activating group) is 1. The molecule has 0 saturated heterocycles. The van der Waals surface area contributed by atoms with Gasteiger partial charge in [0.05, 0.1) is 0 Å². The topological polar surface area (TPSA) is 12.0 Å². The van der Waals surface area contributed by atoms with Crippen LogP contribution in [0.3, 0.4) is 0 Å². The molecule has 0 spiro atoms. The van der Waals surface area contributed by atoms with Crippen molar-refractivity contribution < 1.29 is 0 Å². The molecular formula is C10H17N. The van der Waals surface area contributed by atoms with Crippen LogP contribution >= 0.6 is 0 Å². The lowest BCUT2D eigenvalue weighted by Crippen LogP contribution is -2.40. The van der Waals surface area contributed by atoms with Gasteiger partial charge < -0.3 is 5.32 Å². The highest BCUT2D eigenvalue weighted by Gasteiger charge is 2.22. The van der Waals surface area contributed by atoms with Crippen LogP contribution < -0.4 is 5.32 Å². The molecule has 0 aromatic carbocycles. The summed E-state index contributed by atoms with van der Waals surface area (Å²) < 4.78 is 0. The maximum absolute atomic E-state index is 3.35. The third kappa shape index (κ3) is 1.72. The van der Waals surface area contributed by atoms with E-state index in [-0.39, 0.29) is 5.54 Å². The van der Waals surface area contributed by atoms with Crippen molar-refractivity contribution in [1.82, 2.24) is 5.32 Å². The Morgan fingerprint density at radius 3 is 2.82 bits per heavy atom. The third-order valence-corrected chi connectivity index (χ3v) is 2.68. The summed E-state index contributed by atoms with van der Waals surface area (Å²) in [5.74, 6) is 0. The molecule has 62 valence electrons. The lowest BCUT2D eigenvalue weighted by atomic mass is 9.90. The number of hydrogen-bond donors (Lipinski definition) is 1. The number of hydrogen-bond acceptors (Lipinski definition) is 1. The molecule has 0 radical (unpaired) electrons. The Balaban J connectivity index is 2.83. The summed E-state index contributed by atoms with van der Waals surface area (Å²) in [6.07, 6.45) is 8.96. The van der Waals surface area contributed by atoms with Crippen LogP contribution in [0.15, 0.2) is 23.8 Å². The van der Waals surface area contributed by atoms with Gasteiger partial charge in [-0.15, -0.1) is 0 Å². The van der Waals surface area contributed by atoms with Crippen molar-refractivity contribution in [3.8, 4) is 0 Å². The van der Waals surface area contributed by atoms with Gasteiger partial charge in [-0.05, 0) is 33.7 Å². The van der Waals surface area contributed by atoms with E-state index in [9.17, 15) is 0 Å². The Hall–Kier alpha value is -0.560. The van der Waals surface area contributed by atoms with E-state index >= 15 is 0 Å². The summed E-state index contributed by atoms with van der Waals surface area (Å²) in [4.78, 5) is 0. The molecule has 1 aliphatic rings. The molecule has 0 amide bonds. The molecule has 1 heteroatoms. The Kier molecular flexibility index (Phi) is 2.50. The van der Waals surface area contributed by atoms with Gasteiger partial charge in [-0.25, -0.2) is 0 Å². The zero-order valence-electron chi connectivity index (χ0n) is 7.65. The fourth-order valence-electron chi connectivity index (χ4n) is 1.35. The standard InChI is InChI=1S/C10H17N/c1-9-7-5-4-6-8-10(9,2)11-3/h4,6-7,11H,5,8H2,1-3H3. The van der Waals surface area contributed by atoms with Crippen molar-refractivity contribution in [3.63, 3.8) is 0 Å². The zero-order valence-corrected chi connectivity index (χ0v) is 7.65. The average Bonchev–Trinajstić information content (AvgIpc) is 2.16. The maximum Gasteiger partial charge on any atom is 0.0395 e. The molecule has 0 aromatic heterocycles. The van der Waals surface area contributed by atoms with E-state index in [1.807, 2.05) is 7.05 Å². The highest BCUT2D eigenvalue weighted by Crippen LogP contribution is 2.23. The number of nitrogens with one attached hydrogen (secondary N) is 1. The van der Waals surface area contributed by atoms with Crippen molar-refractivity contribution in [1.29, 1.82) is 0 Å². The Morgan fingerprint density at radius 2 is 2.18 bits per heavy atom. The van der Waals surface area contributed by atoms with Crippen LogP contribution in [-0.4, -0.2) is 12.6 Å². The molecule has 0 aromatic rings. The Bertz CT molecular complexity index is 191. The summed E-state index contributed by atoms with van der Waals surface area (Å²) >= 11 is 0. The second-order valence-electron chi connectivity index (χ2n) is 3.38. The van der Waals surface area contributed by atoms with E-state index < -0.39 is 0 Å². The van der Waals surface area contributed by atoms with Gasteiger partial charge in [-0.1, -0.05) is 23.8 Å². The quantitative estimate of drug-likeness (QED) is 0.567. The average molecular weight is 151 g/mol. The molecule has 1 atom stereocenters. The first-order valence-electron chi connectivity index (χ1n) is 4.20. The summed E-state index contributed by atoms with van der Waals surface area (Å²) in [5, 5.41) is 3.35. The predicted molar refractivity (Wildman–Crippen MR) is 49.6 cm³/mol. The molecule has 1 N–H and O–H groups in total. The maximum atomic E-state index is 3.35. The normalized spacial score (nSPS) is 31.4. The second kappa shape index (κ2) is 3.22. The molecule has 1 aliphatic carbocycles. The highest BCUT2D eigenvalue weighted by atomic mass is 14.9. The molecule has 11 heavy (non-hydrogen) atoms. The number of allylic oxidation sites excluding steroid dienone is 2. The van der Waals surface area contributed by atoms with Crippen molar-refractivity contribution in [2.24, 2.45) is 0 Å². The van der Waals surface area contributed by atoms with Gasteiger partial charge in [0.15, 0.2) is 0 Å². The van der Waals surface area contributed by atoms with E-state index in [4.69, 9.17) is 0 Å². The van der Waals surface area contributed by atoms with Gasteiger partial charge >= 0.3 is 0 Å². The van der Waals surface area contributed by atoms with Crippen LogP contribution in [0.1, 0.15) is 26.7 Å². The Morgan fingerprint density at radius 1 is 1.45 bits per heavy atom. The first-order valence-corrected chi connectivity index (χ1v) is 4.20. The SMILES string of the molecule is CNC1(C)CC=CCC=C1C. The fraction of sp³-hybridized carbons (Fsp3) is 0.600. The molecule has 0 aliphatic heterocycles. The minimum absolute atomic E-state index is 0.188.